The fourth-order valence-electron chi connectivity index (χ4n) is 2.18. The monoisotopic (exact) mass is 341 g/mol. The van der Waals surface area contributed by atoms with Crippen LogP contribution in [0, 0.1) is 0 Å². The number of nitrogens with zero attached hydrogens (tertiary/aromatic N) is 3. The first kappa shape index (κ1) is 16.7. The van der Waals surface area contributed by atoms with Crippen molar-refractivity contribution in [2.75, 3.05) is 18.5 Å². The van der Waals surface area contributed by atoms with E-state index in [1.165, 1.54) is 0 Å². The van der Waals surface area contributed by atoms with Crippen LogP contribution in [0.3, 0.4) is 0 Å². The molecule has 130 valence electrons. The molecule has 0 aromatic carbocycles. The number of furan rings is 1. The molecule has 0 radical (unpaired) electrons. The Bertz CT molecular complexity index is 771. The molecule has 2 amide bonds. The van der Waals surface area contributed by atoms with E-state index in [1.54, 1.807) is 47.7 Å². The van der Waals surface area contributed by atoms with Crippen molar-refractivity contribution in [2.24, 2.45) is 0 Å². The van der Waals surface area contributed by atoms with Crippen LogP contribution in [0.4, 0.5) is 10.5 Å². The number of aromatic nitrogens is 3. The van der Waals surface area contributed by atoms with Gasteiger partial charge in [0.25, 0.3) is 0 Å². The molecule has 0 spiro atoms. The van der Waals surface area contributed by atoms with E-state index < -0.39 is 0 Å². The number of rotatable bonds is 8. The third-order valence-electron chi connectivity index (χ3n) is 3.33. The first-order valence-electron chi connectivity index (χ1n) is 7.93. The minimum atomic E-state index is -0.299. The Morgan fingerprint density at radius 1 is 1.24 bits per heavy atom. The van der Waals surface area contributed by atoms with E-state index in [4.69, 9.17) is 9.15 Å². The van der Waals surface area contributed by atoms with Crippen LogP contribution in [0.1, 0.15) is 12.2 Å². The van der Waals surface area contributed by atoms with Crippen LogP contribution in [0.5, 0.6) is 0 Å². The first-order valence-corrected chi connectivity index (χ1v) is 7.93. The van der Waals surface area contributed by atoms with E-state index in [0.717, 1.165) is 5.76 Å². The number of carbonyl (C=O) groups excluding carboxylic acids is 1. The van der Waals surface area contributed by atoms with Gasteiger partial charge in [0.05, 0.1) is 12.0 Å². The van der Waals surface area contributed by atoms with Gasteiger partial charge in [0.2, 0.25) is 0 Å². The maximum absolute atomic E-state index is 12.0. The summed E-state index contributed by atoms with van der Waals surface area (Å²) in [6, 6.07) is 8.70. The molecule has 3 rings (SSSR count). The molecular weight excluding hydrogens is 322 g/mol. The van der Waals surface area contributed by atoms with Gasteiger partial charge < -0.3 is 19.8 Å². The summed E-state index contributed by atoms with van der Waals surface area (Å²) in [4.78, 5) is 16.3. The molecule has 0 aliphatic rings. The lowest BCUT2D eigenvalue weighted by atomic mass is 10.4. The topological polar surface area (TPSA) is 94.2 Å². The number of urea groups is 1. The third kappa shape index (κ3) is 4.92. The number of amides is 2. The number of anilines is 1. The molecular formula is C17H19N5O3. The number of nitrogens with one attached hydrogen (secondary N) is 2. The SMILES string of the molecule is O=C(NCCCOCc1ccco1)Nc1cccnc1-n1cccn1. The Kier molecular flexibility index (Phi) is 5.78. The molecule has 0 fully saturated rings. The van der Waals surface area contributed by atoms with Crippen molar-refractivity contribution in [3.63, 3.8) is 0 Å². The second-order valence-corrected chi connectivity index (χ2v) is 5.19. The smallest absolute Gasteiger partial charge is 0.319 e. The van der Waals surface area contributed by atoms with Crippen LogP contribution < -0.4 is 10.6 Å². The maximum Gasteiger partial charge on any atom is 0.319 e. The zero-order valence-corrected chi connectivity index (χ0v) is 13.6. The number of pyridine rings is 1. The molecule has 25 heavy (non-hydrogen) atoms. The average Bonchev–Trinajstić information content (AvgIpc) is 3.32. The van der Waals surface area contributed by atoms with Gasteiger partial charge in [0.1, 0.15) is 12.4 Å². The minimum absolute atomic E-state index is 0.299. The van der Waals surface area contributed by atoms with Crippen LogP contribution in [0.2, 0.25) is 0 Å². The van der Waals surface area contributed by atoms with Crippen molar-refractivity contribution < 1.29 is 13.9 Å². The van der Waals surface area contributed by atoms with Crippen molar-refractivity contribution in [3.8, 4) is 5.82 Å². The van der Waals surface area contributed by atoms with Crippen molar-refractivity contribution in [1.82, 2.24) is 20.1 Å². The number of hydrogen-bond acceptors (Lipinski definition) is 5. The molecule has 0 saturated carbocycles. The maximum atomic E-state index is 12.0. The first-order chi connectivity index (χ1) is 12.3. The van der Waals surface area contributed by atoms with Gasteiger partial charge in [0, 0.05) is 31.7 Å². The molecule has 8 nitrogen and oxygen atoms in total. The van der Waals surface area contributed by atoms with Crippen molar-refractivity contribution in [2.45, 2.75) is 13.0 Å². The average molecular weight is 341 g/mol. The largest absolute Gasteiger partial charge is 0.467 e. The number of hydrogen-bond donors (Lipinski definition) is 2. The molecule has 0 saturated heterocycles. The predicted octanol–water partition coefficient (Wildman–Crippen LogP) is 2.59. The molecule has 2 N–H and O–H groups in total. The van der Waals surface area contributed by atoms with Gasteiger partial charge in [-0.05, 0) is 36.8 Å². The predicted molar refractivity (Wildman–Crippen MR) is 91.4 cm³/mol. The summed E-state index contributed by atoms with van der Waals surface area (Å²) in [6.45, 7) is 1.47. The van der Waals surface area contributed by atoms with Gasteiger partial charge in [-0.1, -0.05) is 0 Å². The Labute approximate surface area is 144 Å². The fourth-order valence-corrected chi connectivity index (χ4v) is 2.18. The van der Waals surface area contributed by atoms with Crippen molar-refractivity contribution >= 4 is 11.7 Å². The lowest BCUT2D eigenvalue weighted by Crippen LogP contribution is -2.30. The Hall–Kier alpha value is -3.13. The molecule has 0 bridgehead atoms. The van der Waals surface area contributed by atoms with E-state index in [0.29, 0.717) is 37.7 Å². The van der Waals surface area contributed by atoms with Crippen molar-refractivity contribution in [3.05, 3.63) is 60.9 Å². The molecule has 8 heteroatoms. The van der Waals surface area contributed by atoms with Crippen LogP contribution in [0.15, 0.2) is 59.6 Å². The quantitative estimate of drug-likeness (QED) is 0.614. The van der Waals surface area contributed by atoms with Crippen LogP contribution >= 0.6 is 0 Å². The molecule has 0 atom stereocenters. The highest BCUT2D eigenvalue weighted by Crippen LogP contribution is 2.15. The molecule has 3 aromatic rings. The molecule has 3 heterocycles. The second kappa shape index (κ2) is 8.65. The molecule has 3 aromatic heterocycles. The van der Waals surface area contributed by atoms with Crippen LogP contribution in [-0.4, -0.2) is 33.9 Å². The second-order valence-electron chi connectivity index (χ2n) is 5.19. The van der Waals surface area contributed by atoms with Crippen molar-refractivity contribution in [1.29, 1.82) is 0 Å². The Morgan fingerprint density at radius 2 is 2.20 bits per heavy atom. The summed E-state index contributed by atoms with van der Waals surface area (Å²) in [5.74, 6) is 1.35. The van der Waals surface area contributed by atoms with E-state index >= 15 is 0 Å². The standard InChI is InChI=1S/C17H19N5O3/c23-17(19-8-4-11-24-13-14-5-2-12-25-14)21-15-6-1-7-18-16(15)22-10-3-9-20-22/h1-3,5-7,9-10,12H,4,8,11,13H2,(H2,19,21,23). The Balaban J connectivity index is 1.40. The third-order valence-corrected chi connectivity index (χ3v) is 3.33. The van der Waals surface area contributed by atoms with E-state index in [1.807, 2.05) is 12.1 Å². The van der Waals surface area contributed by atoms with Gasteiger partial charge in [-0.25, -0.2) is 14.5 Å². The zero-order chi connectivity index (χ0) is 17.3. The van der Waals surface area contributed by atoms with Crippen LogP contribution in [-0.2, 0) is 11.3 Å². The lowest BCUT2D eigenvalue weighted by molar-refractivity contribution is 0.104. The minimum Gasteiger partial charge on any atom is -0.467 e. The summed E-state index contributed by atoms with van der Waals surface area (Å²) in [5, 5.41) is 9.70. The van der Waals surface area contributed by atoms with Gasteiger partial charge in [-0.3, -0.25) is 0 Å². The highest BCUT2D eigenvalue weighted by molar-refractivity contribution is 5.90. The number of carbonyl (C=O) groups is 1. The van der Waals surface area contributed by atoms with Gasteiger partial charge in [-0.15, -0.1) is 0 Å². The highest BCUT2D eigenvalue weighted by Gasteiger charge is 2.09. The molecule has 0 unspecified atom stereocenters. The van der Waals surface area contributed by atoms with Gasteiger partial charge in [0.15, 0.2) is 5.82 Å². The lowest BCUT2D eigenvalue weighted by Gasteiger charge is -2.11. The van der Waals surface area contributed by atoms with E-state index in [-0.39, 0.29) is 6.03 Å². The van der Waals surface area contributed by atoms with Crippen LogP contribution in [0.25, 0.3) is 5.82 Å². The summed E-state index contributed by atoms with van der Waals surface area (Å²) in [5.41, 5.74) is 0.581. The summed E-state index contributed by atoms with van der Waals surface area (Å²) in [6.07, 6.45) is 7.38. The zero-order valence-electron chi connectivity index (χ0n) is 13.6. The van der Waals surface area contributed by atoms with Gasteiger partial charge >= 0.3 is 6.03 Å². The summed E-state index contributed by atoms with van der Waals surface area (Å²) >= 11 is 0. The molecule has 0 aliphatic carbocycles. The summed E-state index contributed by atoms with van der Waals surface area (Å²) in [7, 11) is 0. The molecule has 0 aliphatic heterocycles. The highest BCUT2D eigenvalue weighted by atomic mass is 16.5. The van der Waals surface area contributed by atoms with E-state index in [9.17, 15) is 4.79 Å². The van der Waals surface area contributed by atoms with E-state index in [2.05, 4.69) is 20.7 Å². The Morgan fingerprint density at radius 3 is 3.00 bits per heavy atom. The fraction of sp³-hybridized carbons (Fsp3) is 0.235. The summed E-state index contributed by atoms with van der Waals surface area (Å²) < 4.78 is 12.2. The van der Waals surface area contributed by atoms with Gasteiger partial charge in [-0.2, -0.15) is 5.10 Å². The number of ether oxygens (including phenoxy) is 1. The normalized spacial score (nSPS) is 10.6.